The van der Waals surface area contributed by atoms with E-state index in [1.807, 2.05) is 72.8 Å². The second-order valence-corrected chi connectivity index (χ2v) is 4.95. The van der Waals surface area contributed by atoms with Crippen LogP contribution >= 0.6 is 23.2 Å². The molecule has 0 atom stereocenters. The van der Waals surface area contributed by atoms with Crippen LogP contribution in [0.25, 0.3) is 12.2 Å². The van der Waals surface area contributed by atoms with E-state index in [4.69, 9.17) is 27.9 Å². The van der Waals surface area contributed by atoms with E-state index in [1.54, 1.807) is 0 Å². The zero-order valence-corrected chi connectivity index (χ0v) is 13.0. The molecule has 0 aliphatic rings. The van der Waals surface area contributed by atoms with Crippen molar-refractivity contribution in [3.8, 4) is 0 Å². The summed E-state index contributed by atoms with van der Waals surface area (Å²) < 4.78 is 5.82. The van der Waals surface area contributed by atoms with Crippen LogP contribution in [0.3, 0.4) is 0 Å². The first-order chi connectivity index (χ1) is 10.3. The van der Waals surface area contributed by atoms with E-state index in [9.17, 15) is 0 Å². The standard InChI is InChI=1S/C18H16Cl2O/c19-13-17(11-15-7-3-1-4-8-15)21-18(14-20)12-16-9-5-2-6-10-16/h1-12H,13-14H2. The van der Waals surface area contributed by atoms with Gasteiger partial charge in [-0.25, -0.2) is 0 Å². The Hall–Kier alpha value is -1.70. The predicted octanol–water partition coefficient (Wildman–Crippen LogP) is 5.56. The van der Waals surface area contributed by atoms with Gasteiger partial charge in [0.2, 0.25) is 0 Å². The molecule has 0 amide bonds. The number of halogens is 2. The molecule has 21 heavy (non-hydrogen) atoms. The Morgan fingerprint density at radius 1 is 0.714 bits per heavy atom. The molecule has 1 nitrogen and oxygen atoms in total. The summed E-state index contributed by atoms with van der Waals surface area (Å²) in [6.45, 7) is 0. The summed E-state index contributed by atoms with van der Waals surface area (Å²) in [6.07, 6.45) is 3.83. The molecule has 0 saturated carbocycles. The van der Waals surface area contributed by atoms with Gasteiger partial charge in [0.15, 0.2) is 0 Å². The van der Waals surface area contributed by atoms with Crippen molar-refractivity contribution in [2.45, 2.75) is 0 Å². The molecule has 2 aromatic rings. The van der Waals surface area contributed by atoms with E-state index in [0.717, 1.165) is 11.1 Å². The third-order valence-corrected chi connectivity index (χ3v) is 3.31. The monoisotopic (exact) mass is 318 g/mol. The first-order valence-corrected chi connectivity index (χ1v) is 7.69. The molecule has 0 radical (unpaired) electrons. The van der Waals surface area contributed by atoms with Crippen molar-refractivity contribution < 1.29 is 4.74 Å². The zero-order valence-electron chi connectivity index (χ0n) is 11.5. The van der Waals surface area contributed by atoms with E-state index in [1.165, 1.54) is 0 Å². The van der Waals surface area contributed by atoms with Crippen LogP contribution in [0.15, 0.2) is 72.2 Å². The summed E-state index contributed by atoms with van der Waals surface area (Å²) in [5, 5.41) is 0. The number of benzene rings is 2. The van der Waals surface area contributed by atoms with Crippen LogP contribution < -0.4 is 0 Å². The summed E-state index contributed by atoms with van der Waals surface area (Å²) in [7, 11) is 0. The van der Waals surface area contributed by atoms with Crippen molar-refractivity contribution in [1.82, 2.24) is 0 Å². The predicted molar refractivity (Wildman–Crippen MR) is 91.4 cm³/mol. The average molecular weight is 319 g/mol. The number of rotatable bonds is 6. The van der Waals surface area contributed by atoms with Gasteiger partial charge >= 0.3 is 0 Å². The van der Waals surface area contributed by atoms with Crippen LogP contribution in [0.1, 0.15) is 11.1 Å². The maximum absolute atomic E-state index is 5.96. The van der Waals surface area contributed by atoms with E-state index < -0.39 is 0 Å². The Morgan fingerprint density at radius 3 is 1.43 bits per heavy atom. The Bertz CT molecular complexity index is 548. The zero-order chi connectivity index (χ0) is 14.9. The van der Waals surface area contributed by atoms with Crippen molar-refractivity contribution in [3.05, 3.63) is 83.3 Å². The SMILES string of the molecule is ClCC(=Cc1ccccc1)OC(=Cc1ccccc1)CCl. The highest BCUT2D eigenvalue weighted by molar-refractivity contribution is 6.20. The van der Waals surface area contributed by atoms with Gasteiger partial charge in [0, 0.05) is 0 Å². The second kappa shape index (κ2) is 8.56. The molecule has 0 aliphatic carbocycles. The molecule has 0 N–H and O–H groups in total. The van der Waals surface area contributed by atoms with Gasteiger partial charge in [-0.2, -0.15) is 0 Å². The maximum Gasteiger partial charge on any atom is 0.119 e. The van der Waals surface area contributed by atoms with Crippen molar-refractivity contribution in [2.75, 3.05) is 11.8 Å². The first-order valence-electron chi connectivity index (χ1n) is 6.63. The largest absolute Gasteiger partial charge is 0.464 e. The molecule has 0 fully saturated rings. The van der Waals surface area contributed by atoms with E-state index in [2.05, 4.69) is 0 Å². The smallest absolute Gasteiger partial charge is 0.119 e. The van der Waals surface area contributed by atoms with Crippen LogP contribution in [-0.4, -0.2) is 11.8 Å². The van der Waals surface area contributed by atoms with Crippen LogP contribution in [0, 0.1) is 0 Å². The molecule has 0 saturated heterocycles. The van der Waals surface area contributed by atoms with Crippen LogP contribution in [0.4, 0.5) is 0 Å². The van der Waals surface area contributed by atoms with Gasteiger partial charge in [-0.05, 0) is 23.3 Å². The van der Waals surface area contributed by atoms with Crippen molar-refractivity contribution >= 4 is 35.4 Å². The Kier molecular flexibility index (Phi) is 6.39. The minimum Gasteiger partial charge on any atom is -0.464 e. The number of alkyl halides is 2. The molecule has 0 unspecified atom stereocenters. The lowest BCUT2D eigenvalue weighted by Gasteiger charge is -2.10. The fraction of sp³-hybridized carbons (Fsp3) is 0.111. The minimum absolute atomic E-state index is 0.290. The molecular weight excluding hydrogens is 303 g/mol. The maximum atomic E-state index is 5.96. The highest BCUT2D eigenvalue weighted by atomic mass is 35.5. The van der Waals surface area contributed by atoms with Gasteiger partial charge in [-0.1, -0.05) is 60.7 Å². The van der Waals surface area contributed by atoms with E-state index in [0.29, 0.717) is 11.5 Å². The first kappa shape index (κ1) is 15.7. The lowest BCUT2D eigenvalue weighted by Crippen LogP contribution is -1.96. The van der Waals surface area contributed by atoms with Gasteiger partial charge in [0.25, 0.3) is 0 Å². The van der Waals surface area contributed by atoms with Gasteiger partial charge < -0.3 is 4.74 Å². The molecule has 0 aromatic heterocycles. The third-order valence-electron chi connectivity index (χ3n) is 2.78. The normalized spacial score (nSPS) is 12.3. The van der Waals surface area contributed by atoms with Gasteiger partial charge in [-0.3, -0.25) is 0 Å². The number of hydrogen-bond acceptors (Lipinski definition) is 1. The van der Waals surface area contributed by atoms with Gasteiger partial charge in [-0.15, -0.1) is 23.2 Å². The average Bonchev–Trinajstić information content (AvgIpc) is 2.55. The van der Waals surface area contributed by atoms with E-state index in [-0.39, 0.29) is 11.8 Å². The Balaban J connectivity index is 2.16. The molecule has 0 aliphatic heterocycles. The second-order valence-electron chi connectivity index (χ2n) is 4.41. The minimum atomic E-state index is 0.290. The topological polar surface area (TPSA) is 9.23 Å². The summed E-state index contributed by atoms with van der Waals surface area (Å²) in [5.74, 6) is 1.92. The molecule has 108 valence electrons. The fourth-order valence-corrected chi connectivity index (χ4v) is 2.09. The summed E-state index contributed by atoms with van der Waals surface area (Å²) >= 11 is 11.9. The lowest BCUT2D eigenvalue weighted by molar-refractivity contribution is 0.320. The highest BCUT2D eigenvalue weighted by Gasteiger charge is 2.03. The molecule has 2 rings (SSSR count). The van der Waals surface area contributed by atoms with E-state index >= 15 is 0 Å². The third kappa shape index (κ3) is 5.30. The number of allylic oxidation sites excluding steroid dienone is 2. The van der Waals surface area contributed by atoms with Gasteiger partial charge in [0.1, 0.15) is 11.5 Å². The van der Waals surface area contributed by atoms with Gasteiger partial charge in [0.05, 0.1) is 11.8 Å². The molecule has 0 heterocycles. The highest BCUT2D eigenvalue weighted by Crippen LogP contribution is 2.17. The molecular formula is C18H16Cl2O. The summed E-state index contributed by atoms with van der Waals surface area (Å²) in [6, 6.07) is 19.8. The quantitative estimate of drug-likeness (QED) is 0.500. The lowest BCUT2D eigenvalue weighted by atomic mass is 10.2. The fourth-order valence-electron chi connectivity index (χ4n) is 1.83. The number of hydrogen-bond donors (Lipinski definition) is 0. The van der Waals surface area contributed by atoms with Crippen LogP contribution in [0.5, 0.6) is 0 Å². The van der Waals surface area contributed by atoms with Crippen LogP contribution in [-0.2, 0) is 4.74 Å². The Labute approximate surface area is 135 Å². The summed E-state index contributed by atoms with van der Waals surface area (Å²) in [5.41, 5.74) is 2.09. The van der Waals surface area contributed by atoms with Crippen molar-refractivity contribution in [2.24, 2.45) is 0 Å². The molecule has 2 aromatic carbocycles. The van der Waals surface area contributed by atoms with Crippen molar-refractivity contribution in [1.29, 1.82) is 0 Å². The molecule has 3 heteroatoms. The Morgan fingerprint density at radius 2 is 1.10 bits per heavy atom. The van der Waals surface area contributed by atoms with Crippen LogP contribution in [0.2, 0.25) is 0 Å². The van der Waals surface area contributed by atoms with Crippen molar-refractivity contribution in [3.63, 3.8) is 0 Å². The molecule has 0 spiro atoms. The summed E-state index contributed by atoms with van der Waals surface area (Å²) in [4.78, 5) is 0. The number of ether oxygens (including phenoxy) is 1. The molecule has 0 bridgehead atoms.